The maximum atomic E-state index is 12.9. The van der Waals surface area contributed by atoms with Crippen molar-refractivity contribution < 1.29 is 4.39 Å². The van der Waals surface area contributed by atoms with E-state index in [-0.39, 0.29) is 11.9 Å². The van der Waals surface area contributed by atoms with Crippen LogP contribution < -0.4 is 5.32 Å². The monoisotopic (exact) mass is 234 g/mol. The molecule has 0 aromatic carbocycles. The number of nitrogens with zero attached hydrogens (tertiary/aromatic N) is 1. The molecule has 0 saturated heterocycles. The lowest BCUT2D eigenvalue weighted by Gasteiger charge is -2.23. The van der Waals surface area contributed by atoms with Gasteiger partial charge in [-0.2, -0.15) is 0 Å². The summed E-state index contributed by atoms with van der Waals surface area (Å²) in [4.78, 5) is 4.19. The third-order valence-electron chi connectivity index (χ3n) is 3.15. The van der Waals surface area contributed by atoms with Crippen molar-refractivity contribution in [2.45, 2.75) is 38.6 Å². The Kier molecular flexibility index (Phi) is 4.26. The molecule has 0 aliphatic heterocycles. The fourth-order valence-corrected chi connectivity index (χ4v) is 2.31. The summed E-state index contributed by atoms with van der Waals surface area (Å²) in [5, 5.41) is 3.43. The van der Waals surface area contributed by atoms with Gasteiger partial charge in [0.25, 0.3) is 0 Å². The molecule has 1 heterocycles. The summed E-state index contributed by atoms with van der Waals surface area (Å²) < 4.78 is 12.9. The minimum atomic E-state index is -0.276. The quantitative estimate of drug-likeness (QED) is 0.808. The van der Waals surface area contributed by atoms with Gasteiger partial charge in [0.15, 0.2) is 0 Å². The molecule has 2 nitrogen and oxygen atoms in total. The predicted octanol–water partition coefficient (Wildman–Crippen LogP) is 3.37. The average molecular weight is 234 g/mol. The first-order chi connectivity index (χ1) is 8.31. The number of allylic oxidation sites excluding steroid dienone is 1. The first-order valence-corrected chi connectivity index (χ1v) is 6.35. The van der Waals surface area contributed by atoms with E-state index < -0.39 is 0 Å². The number of hydrogen-bond donors (Lipinski definition) is 1. The molecule has 92 valence electrons. The van der Waals surface area contributed by atoms with Crippen LogP contribution in [0.2, 0.25) is 0 Å². The highest BCUT2D eigenvalue weighted by atomic mass is 19.1. The molecule has 3 heteroatoms. The van der Waals surface area contributed by atoms with E-state index in [1.54, 1.807) is 6.07 Å². The summed E-state index contributed by atoms with van der Waals surface area (Å²) in [6, 6.07) is 3.41. The number of hydrogen-bond acceptors (Lipinski definition) is 2. The highest BCUT2D eigenvalue weighted by molar-refractivity contribution is 5.23. The summed E-state index contributed by atoms with van der Waals surface area (Å²) in [5.41, 5.74) is 2.32. The van der Waals surface area contributed by atoms with Crippen molar-refractivity contribution in [1.82, 2.24) is 10.3 Å². The number of likely N-dealkylation sites (N-methyl/N-ethyl adjacent to an activating group) is 1. The van der Waals surface area contributed by atoms with Crippen LogP contribution >= 0.6 is 0 Å². The number of nitrogens with one attached hydrogen (secondary N) is 1. The Morgan fingerprint density at radius 2 is 2.29 bits per heavy atom. The van der Waals surface area contributed by atoms with Crippen LogP contribution in [0.4, 0.5) is 4.39 Å². The zero-order valence-corrected chi connectivity index (χ0v) is 10.2. The van der Waals surface area contributed by atoms with E-state index in [2.05, 4.69) is 23.3 Å². The Hall–Kier alpha value is -1.22. The molecule has 1 N–H and O–H groups in total. The van der Waals surface area contributed by atoms with Gasteiger partial charge in [0.2, 0.25) is 0 Å². The van der Waals surface area contributed by atoms with E-state index >= 15 is 0 Å². The Morgan fingerprint density at radius 1 is 1.41 bits per heavy atom. The van der Waals surface area contributed by atoms with E-state index in [4.69, 9.17) is 0 Å². The molecule has 0 bridgehead atoms. The van der Waals surface area contributed by atoms with Crippen LogP contribution in [0.3, 0.4) is 0 Å². The minimum Gasteiger partial charge on any atom is -0.306 e. The van der Waals surface area contributed by atoms with Gasteiger partial charge in [-0.3, -0.25) is 4.98 Å². The van der Waals surface area contributed by atoms with Crippen LogP contribution in [0.1, 0.15) is 44.3 Å². The third kappa shape index (κ3) is 3.13. The summed E-state index contributed by atoms with van der Waals surface area (Å²) in [7, 11) is 0. The van der Waals surface area contributed by atoms with Crippen LogP contribution in [0, 0.1) is 5.82 Å². The Labute approximate surface area is 102 Å². The van der Waals surface area contributed by atoms with Gasteiger partial charge < -0.3 is 5.32 Å². The van der Waals surface area contributed by atoms with E-state index in [1.165, 1.54) is 30.7 Å². The molecule has 1 aromatic rings. The SMILES string of the molecule is CCNC(C1=CCCCC1)c1ccc(F)cn1. The molecule has 1 aromatic heterocycles. The highest BCUT2D eigenvalue weighted by Crippen LogP contribution is 2.28. The molecular formula is C14H19FN2. The molecule has 1 unspecified atom stereocenters. The number of aromatic nitrogens is 1. The van der Waals surface area contributed by atoms with Crippen molar-refractivity contribution in [1.29, 1.82) is 0 Å². The van der Waals surface area contributed by atoms with Crippen molar-refractivity contribution >= 4 is 0 Å². The average Bonchev–Trinajstić information content (AvgIpc) is 2.38. The van der Waals surface area contributed by atoms with Crippen LogP contribution in [-0.2, 0) is 0 Å². The Morgan fingerprint density at radius 3 is 2.88 bits per heavy atom. The van der Waals surface area contributed by atoms with Gasteiger partial charge in [-0.05, 0) is 44.4 Å². The molecule has 0 fully saturated rings. The zero-order valence-electron chi connectivity index (χ0n) is 10.2. The molecule has 1 aliphatic rings. The summed E-state index contributed by atoms with van der Waals surface area (Å²) in [6.07, 6.45) is 8.40. The van der Waals surface area contributed by atoms with Gasteiger partial charge in [0.1, 0.15) is 5.82 Å². The number of pyridine rings is 1. The summed E-state index contributed by atoms with van der Waals surface area (Å²) >= 11 is 0. The molecule has 0 saturated carbocycles. The Bertz CT molecular complexity index is 384. The Balaban J connectivity index is 2.21. The number of halogens is 1. The van der Waals surface area contributed by atoms with Gasteiger partial charge >= 0.3 is 0 Å². The van der Waals surface area contributed by atoms with Crippen LogP contribution in [0.25, 0.3) is 0 Å². The first-order valence-electron chi connectivity index (χ1n) is 6.35. The minimum absolute atomic E-state index is 0.154. The van der Waals surface area contributed by atoms with Crippen molar-refractivity contribution in [2.75, 3.05) is 6.54 Å². The van der Waals surface area contributed by atoms with E-state index in [0.717, 1.165) is 25.1 Å². The van der Waals surface area contributed by atoms with Crippen molar-refractivity contribution in [3.63, 3.8) is 0 Å². The first kappa shape index (κ1) is 12.2. The van der Waals surface area contributed by atoms with Gasteiger partial charge in [0, 0.05) is 0 Å². The molecule has 0 radical (unpaired) electrons. The fraction of sp³-hybridized carbons (Fsp3) is 0.500. The van der Waals surface area contributed by atoms with Gasteiger partial charge in [0.05, 0.1) is 17.9 Å². The van der Waals surface area contributed by atoms with Crippen molar-refractivity contribution in [3.05, 3.63) is 41.5 Å². The lowest BCUT2D eigenvalue weighted by atomic mass is 9.92. The summed E-state index contributed by atoms with van der Waals surface area (Å²) in [5.74, 6) is -0.276. The molecular weight excluding hydrogens is 215 g/mol. The molecule has 2 rings (SSSR count). The molecule has 17 heavy (non-hydrogen) atoms. The smallest absolute Gasteiger partial charge is 0.141 e. The van der Waals surface area contributed by atoms with E-state index in [1.807, 2.05) is 0 Å². The van der Waals surface area contributed by atoms with Crippen molar-refractivity contribution in [2.24, 2.45) is 0 Å². The topological polar surface area (TPSA) is 24.9 Å². The van der Waals surface area contributed by atoms with Crippen LogP contribution in [-0.4, -0.2) is 11.5 Å². The third-order valence-corrected chi connectivity index (χ3v) is 3.15. The molecule has 1 aliphatic carbocycles. The molecule has 0 amide bonds. The second-order valence-corrected chi connectivity index (χ2v) is 4.42. The molecule has 0 spiro atoms. The number of rotatable bonds is 4. The second-order valence-electron chi connectivity index (χ2n) is 4.42. The zero-order chi connectivity index (χ0) is 12.1. The van der Waals surface area contributed by atoms with Crippen LogP contribution in [0.15, 0.2) is 30.0 Å². The predicted molar refractivity (Wildman–Crippen MR) is 67.2 cm³/mol. The van der Waals surface area contributed by atoms with E-state index in [0.29, 0.717) is 0 Å². The lowest BCUT2D eigenvalue weighted by Crippen LogP contribution is -2.24. The maximum Gasteiger partial charge on any atom is 0.141 e. The van der Waals surface area contributed by atoms with Gasteiger partial charge in [-0.1, -0.05) is 18.6 Å². The largest absolute Gasteiger partial charge is 0.306 e. The second kappa shape index (κ2) is 5.92. The van der Waals surface area contributed by atoms with Gasteiger partial charge in [-0.25, -0.2) is 4.39 Å². The summed E-state index contributed by atoms with van der Waals surface area (Å²) in [6.45, 7) is 2.97. The highest BCUT2D eigenvalue weighted by Gasteiger charge is 2.18. The normalized spacial score (nSPS) is 17.6. The van der Waals surface area contributed by atoms with Gasteiger partial charge in [-0.15, -0.1) is 0 Å². The fourth-order valence-electron chi connectivity index (χ4n) is 2.31. The lowest BCUT2D eigenvalue weighted by molar-refractivity contribution is 0.549. The van der Waals surface area contributed by atoms with E-state index in [9.17, 15) is 4.39 Å². The molecule has 1 atom stereocenters. The van der Waals surface area contributed by atoms with Crippen LogP contribution in [0.5, 0.6) is 0 Å². The van der Waals surface area contributed by atoms with Crippen molar-refractivity contribution in [3.8, 4) is 0 Å². The standard InChI is InChI=1S/C14H19FN2/c1-2-16-14(11-6-4-3-5-7-11)13-9-8-12(15)10-17-13/h6,8-10,14,16H,2-5,7H2,1H3. The maximum absolute atomic E-state index is 12.9.